The van der Waals surface area contributed by atoms with E-state index >= 15 is 0 Å². The van der Waals surface area contributed by atoms with E-state index in [-0.39, 0.29) is 18.0 Å². The molecule has 17 heavy (non-hydrogen) atoms. The SMILES string of the molecule is CNC(=O)C(C)NC(C)c1cccc(Cl)c1Cl. The number of amides is 1. The summed E-state index contributed by atoms with van der Waals surface area (Å²) in [6.45, 7) is 3.74. The Hall–Kier alpha value is -0.770. The van der Waals surface area contributed by atoms with Crippen LogP contribution >= 0.6 is 23.2 Å². The second-order valence-corrected chi connectivity index (χ2v) is 4.65. The first-order chi connectivity index (χ1) is 7.97. The molecule has 0 aliphatic carbocycles. The van der Waals surface area contributed by atoms with Crippen LogP contribution in [0, 0.1) is 0 Å². The minimum absolute atomic E-state index is 0.0477. The van der Waals surface area contributed by atoms with E-state index in [1.54, 1.807) is 20.0 Å². The number of nitrogens with one attached hydrogen (secondary N) is 2. The van der Waals surface area contributed by atoms with Crippen LogP contribution in [0.1, 0.15) is 25.5 Å². The second-order valence-electron chi connectivity index (χ2n) is 3.87. The maximum Gasteiger partial charge on any atom is 0.236 e. The summed E-state index contributed by atoms with van der Waals surface area (Å²) in [7, 11) is 1.61. The average Bonchev–Trinajstić information content (AvgIpc) is 2.31. The van der Waals surface area contributed by atoms with E-state index in [1.165, 1.54) is 0 Å². The summed E-state index contributed by atoms with van der Waals surface area (Å²) in [6.07, 6.45) is 0. The monoisotopic (exact) mass is 274 g/mol. The van der Waals surface area contributed by atoms with Crippen LogP contribution in [-0.4, -0.2) is 19.0 Å². The van der Waals surface area contributed by atoms with Gasteiger partial charge in [0.15, 0.2) is 0 Å². The van der Waals surface area contributed by atoms with Crippen LogP contribution in [0.5, 0.6) is 0 Å². The van der Waals surface area contributed by atoms with E-state index in [2.05, 4.69) is 10.6 Å². The molecule has 0 saturated heterocycles. The molecule has 2 unspecified atom stereocenters. The first-order valence-electron chi connectivity index (χ1n) is 5.39. The normalized spacial score (nSPS) is 14.2. The Kier molecular flexibility index (Phi) is 5.25. The Balaban J connectivity index is 2.80. The zero-order chi connectivity index (χ0) is 13.0. The third-order valence-corrected chi connectivity index (χ3v) is 3.42. The molecule has 0 saturated carbocycles. The molecule has 1 aromatic rings. The van der Waals surface area contributed by atoms with Crippen LogP contribution in [-0.2, 0) is 4.79 Å². The minimum atomic E-state index is -0.287. The van der Waals surface area contributed by atoms with E-state index in [0.717, 1.165) is 5.56 Å². The van der Waals surface area contributed by atoms with Crippen molar-refractivity contribution in [1.29, 1.82) is 0 Å². The highest BCUT2D eigenvalue weighted by Crippen LogP contribution is 2.29. The fourth-order valence-corrected chi connectivity index (χ4v) is 2.08. The smallest absolute Gasteiger partial charge is 0.236 e. The van der Waals surface area contributed by atoms with E-state index in [9.17, 15) is 4.79 Å². The number of likely N-dealkylation sites (N-methyl/N-ethyl adjacent to an activating group) is 1. The zero-order valence-electron chi connectivity index (χ0n) is 10.1. The Labute approximate surface area is 111 Å². The molecule has 0 heterocycles. The lowest BCUT2D eigenvalue weighted by atomic mass is 10.1. The van der Waals surface area contributed by atoms with Gasteiger partial charge in [0, 0.05) is 13.1 Å². The maximum absolute atomic E-state index is 11.4. The average molecular weight is 275 g/mol. The molecule has 2 atom stereocenters. The fraction of sp³-hybridized carbons (Fsp3) is 0.417. The molecular formula is C12H16Cl2N2O. The van der Waals surface area contributed by atoms with Gasteiger partial charge in [-0.15, -0.1) is 0 Å². The van der Waals surface area contributed by atoms with Gasteiger partial charge in [-0.3, -0.25) is 10.1 Å². The quantitative estimate of drug-likeness (QED) is 0.887. The predicted molar refractivity (Wildman–Crippen MR) is 71.5 cm³/mol. The van der Waals surface area contributed by atoms with E-state index in [1.807, 2.05) is 19.1 Å². The summed E-state index contributed by atoms with van der Waals surface area (Å²) in [5.74, 6) is -0.0602. The van der Waals surface area contributed by atoms with E-state index in [0.29, 0.717) is 10.0 Å². The molecule has 0 spiro atoms. The Morgan fingerprint density at radius 1 is 1.29 bits per heavy atom. The number of rotatable bonds is 4. The topological polar surface area (TPSA) is 41.1 Å². The molecule has 94 valence electrons. The Morgan fingerprint density at radius 3 is 2.53 bits per heavy atom. The van der Waals surface area contributed by atoms with Crippen molar-refractivity contribution in [2.75, 3.05) is 7.05 Å². The van der Waals surface area contributed by atoms with Crippen molar-refractivity contribution in [2.45, 2.75) is 25.9 Å². The van der Waals surface area contributed by atoms with Gasteiger partial charge in [-0.1, -0.05) is 35.3 Å². The lowest BCUT2D eigenvalue weighted by Crippen LogP contribution is -2.41. The molecule has 2 N–H and O–H groups in total. The molecular weight excluding hydrogens is 259 g/mol. The summed E-state index contributed by atoms with van der Waals surface area (Å²) in [5, 5.41) is 6.79. The van der Waals surface area contributed by atoms with Crippen molar-refractivity contribution in [1.82, 2.24) is 10.6 Å². The van der Waals surface area contributed by atoms with Crippen molar-refractivity contribution in [3.05, 3.63) is 33.8 Å². The predicted octanol–water partition coefficient (Wildman–Crippen LogP) is 2.78. The molecule has 1 rings (SSSR count). The molecule has 0 aliphatic heterocycles. The minimum Gasteiger partial charge on any atom is -0.358 e. The Morgan fingerprint density at radius 2 is 1.94 bits per heavy atom. The number of hydrogen-bond donors (Lipinski definition) is 2. The first-order valence-corrected chi connectivity index (χ1v) is 6.14. The highest BCUT2D eigenvalue weighted by Gasteiger charge is 2.17. The summed E-state index contributed by atoms with van der Waals surface area (Å²) in [5.41, 5.74) is 0.884. The van der Waals surface area contributed by atoms with Crippen molar-refractivity contribution >= 4 is 29.1 Å². The van der Waals surface area contributed by atoms with Gasteiger partial charge in [-0.2, -0.15) is 0 Å². The van der Waals surface area contributed by atoms with Crippen LogP contribution in [0.4, 0.5) is 0 Å². The summed E-state index contributed by atoms with van der Waals surface area (Å²) < 4.78 is 0. The van der Waals surface area contributed by atoms with Gasteiger partial charge in [0.25, 0.3) is 0 Å². The van der Waals surface area contributed by atoms with Crippen LogP contribution in [0.2, 0.25) is 10.0 Å². The van der Waals surface area contributed by atoms with Crippen molar-refractivity contribution in [3.63, 3.8) is 0 Å². The largest absolute Gasteiger partial charge is 0.358 e. The third kappa shape index (κ3) is 3.60. The summed E-state index contributed by atoms with van der Waals surface area (Å²) in [6, 6.07) is 5.13. The van der Waals surface area contributed by atoms with Crippen LogP contribution in [0.3, 0.4) is 0 Å². The van der Waals surface area contributed by atoms with Crippen molar-refractivity contribution in [2.24, 2.45) is 0 Å². The first kappa shape index (κ1) is 14.3. The van der Waals surface area contributed by atoms with Crippen LogP contribution in [0.25, 0.3) is 0 Å². The van der Waals surface area contributed by atoms with Gasteiger partial charge in [0.05, 0.1) is 16.1 Å². The number of carbonyl (C=O) groups excluding carboxylic acids is 1. The molecule has 0 aromatic heterocycles. The molecule has 0 bridgehead atoms. The maximum atomic E-state index is 11.4. The van der Waals surface area contributed by atoms with Gasteiger partial charge in [-0.05, 0) is 25.5 Å². The highest BCUT2D eigenvalue weighted by atomic mass is 35.5. The standard InChI is InChI=1S/C12H16Cl2N2O/c1-7(16-8(2)12(17)15-3)9-5-4-6-10(13)11(9)14/h4-8,16H,1-3H3,(H,15,17). The highest BCUT2D eigenvalue weighted by molar-refractivity contribution is 6.42. The van der Waals surface area contributed by atoms with Crippen LogP contribution in [0.15, 0.2) is 18.2 Å². The number of hydrogen-bond acceptors (Lipinski definition) is 2. The van der Waals surface area contributed by atoms with Gasteiger partial charge in [0.2, 0.25) is 5.91 Å². The molecule has 1 amide bonds. The zero-order valence-corrected chi connectivity index (χ0v) is 11.6. The van der Waals surface area contributed by atoms with Crippen LogP contribution < -0.4 is 10.6 Å². The van der Waals surface area contributed by atoms with Gasteiger partial charge >= 0.3 is 0 Å². The molecule has 5 heteroatoms. The number of carbonyl (C=O) groups is 1. The van der Waals surface area contributed by atoms with Crippen molar-refractivity contribution < 1.29 is 4.79 Å². The molecule has 0 aliphatic rings. The van der Waals surface area contributed by atoms with Gasteiger partial charge in [0.1, 0.15) is 0 Å². The summed E-state index contributed by atoms with van der Waals surface area (Å²) >= 11 is 12.1. The number of halogens is 2. The fourth-order valence-electron chi connectivity index (χ4n) is 1.61. The molecule has 1 aromatic carbocycles. The van der Waals surface area contributed by atoms with Gasteiger partial charge in [-0.25, -0.2) is 0 Å². The second kappa shape index (κ2) is 6.24. The summed E-state index contributed by atoms with van der Waals surface area (Å²) in [4.78, 5) is 11.4. The molecule has 3 nitrogen and oxygen atoms in total. The van der Waals surface area contributed by atoms with Crippen molar-refractivity contribution in [3.8, 4) is 0 Å². The Bertz CT molecular complexity index is 409. The number of benzene rings is 1. The molecule has 0 fully saturated rings. The third-order valence-electron chi connectivity index (χ3n) is 2.59. The lowest BCUT2D eigenvalue weighted by molar-refractivity contribution is -0.122. The van der Waals surface area contributed by atoms with E-state index in [4.69, 9.17) is 23.2 Å². The van der Waals surface area contributed by atoms with E-state index < -0.39 is 0 Å². The van der Waals surface area contributed by atoms with Gasteiger partial charge < -0.3 is 5.32 Å². The molecule has 0 radical (unpaired) electrons. The lowest BCUT2D eigenvalue weighted by Gasteiger charge is -2.20.